The summed E-state index contributed by atoms with van der Waals surface area (Å²) < 4.78 is 26.9. The van der Waals surface area contributed by atoms with E-state index in [1.807, 2.05) is 6.07 Å². The van der Waals surface area contributed by atoms with Crippen molar-refractivity contribution in [3.05, 3.63) is 28.8 Å². The molecule has 1 atom stereocenters. The molecule has 2 rings (SSSR count). The lowest BCUT2D eigenvalue weighted by atomic mass is 10.1. The van der Waals surface area contributed by atoms with Crippen LogP contribution in [0.4, 0.5) is 0 Å². The molecule has 0 saturated carbocycles. The molecule has 1 heterocycles. The first-order valence-electron chi connectivity index (χ1n) is 6.45. The van der Waals surface area contributed by atoms with Crippen molar-refractivity contribution >= 4 is 21.6 Å². The number of nitriles is 1. The molecule has 0 bridgehead atoms. The van der Waals surface area contributed by atoms with Crippen molar-refractivity contribution in [2.24, 2.45) is 0 Å². The number of sulfonamides is 1. The molecule has 1 aromatic carbocycles. The van der Waals surface area contributed by atoms with Gasteiger partial charge in [0.15, 0.2) is 0 Å². The van der Waals surface area contributed by atoms with Crippen molar-refractivity contribution in [1.29, 1.82) is 5.26 Å². The monoisotopic (exact) mass is 313 g/mol. The van der Waals surface area contributed by atoms with E-state index in [1.54, 1.807) is 0 Å². The van der Waals surface area contributed by atoms with Crippen molar-refractivity contribution in [3.63, 3.8) is 0 Å². The van der Waals surface area contributed by atoms with Gasteiger partial charge in [-0.1, -0.05) is 18.0 Å². The van der Waals surface area contributed by atoms with E-state index in [0.717, 1.165) is 25.8 Å². The Hall–Kier alpha value is -1.13. The van der Waals surface area contributed by atoms with Crippen LogP contribution in [0.5, 0.6) is 0 Å². The van der Waals surface area contributed by atoms with Gasteiger partial charge < -0.3 is 5.32 Å². The lowest BCUT2D eigenvalue weighted by Gasteiger charge is -2.23. The van der Waals surface area contributed by atoms with Gasteiger partial charge >= 0.3 is 0 Å². The van der Waals surface area contributed by atoms with E-state index >= 15 is 0 Å². The van der Waals surface area contributed by atoms with E-state index < -0.39 is 10.0 Å². The zero-order valence-electron chi connectivity index (χ0n) is 10.9. The number of nitrogens with zero attached hydrogens (tertiary/aromatic N) is 1. The lowest BCUT2D eigenvalue weighted by molar-refractivity contribution is 0.398. The molecule has 1 saturated heterocycles. The Kier molecular flexibility index (Phi) is 5.00. The van der Waals surface area contributed by atoms with Gasteiger partial charge in [0.05, 0.1) is 16.7 Å². The van der Waals surface area contributed by atoms with E-state index in [9.17, 15) is 8.42 Å². The fourth-order valence-corrected chi connectivity index (χ4v) is 3.80. The quantitative estimate of drug-likeness (QED) is 0.885. The second-order valence-electron chi connectivity index (χ2n) is 4.76. The number of piperidine rings is 1. The Morgan fingerprint density at radius 3 is 2.85 bits per heavy atom. The van der Waals surface area contributed by atoms with Crippen LogP contribution in [0.1, 0.15) is 24.8 Å². The van der Waals surface area contributed by atoms with Crippen molar-refractivity contribution < 1.29 is 8.42 Å². The first-order chi connectivity index (χ1) is 9.53. The zero-order chi connectivity index (χ0) is 14.6. The molecule has 20 heavy (non-hydrogen) atoms. The number of hydrogen-bond acceptors (Lipinski definition) is 4. The van der Waals surface area contributed by atoms with Gasteiger partial charge in [-0.15, -0.1) is 0 Å². The maximum Gasteiger partial charge on any atom is 0.242 e. The van der Waals surface area contributed by atoms with Gasteiger partial charge in [-0.05, 0) is 37.6 Å². The summed E-state index contributed by atoms with van der Waals surface area (Å²) in [4.78, 5) is 0.00831. The Bertz CT molecular complexity index is 619. The second kappa shape index (κ2) is 6.55. The smallest absolute Gasteiger partial charge is 0.242 e. The van der Waals surface area contributed by atoms with Crippen LogP contribution in [0, 0.1) is 11.3 Å². The standard InChI is InChI=1S/C13H16ClN3O2S/c14-12-7-10(8-15)4-5-13(12)20(18,19)17-9-11-3-1-2-6-16-11/h4-5,7,11,16-17H,1-3,6,9H2. The summed E-state index contributed by atoms with van der Waals surface area (Å²) in [5, 5.41) is 12.1. The van der Waals surface area contributed by atoms with Crippen molar-refractivity contribution in [2.45, 2.75) is 30.2 Å². The van der Waals surface area contributed by atoms with Gasteiger partial charge in [0.1, 0.15) is 4.90 Å². The van der Waals surface area contributed by atoms with Crippen LogP contribution in [0.15, 0.2) is 23.1 Å². The van der Waals surface area contributed by atoms with Crippen LogP contribution in [0.3, 0.4) is 0 Å². The first kappa shape index (κ1) is 15.3. The molecule has 1 unspecified atom stereocenters. The topological polar surface area (TPSA) is 82.0 Å². The summed E-state index contributed by atoms with van der Waals surface area (Å²) in [6.07, 6.45) is 3.20. The van der Waals surface area contributed by atoms with Crippen LogP contribution in [-0.2, 0) is 10.0 Å². The average molecular weight is 314 g/mol. The molecular formula is C13H16ClN3O2S. The molecule has 7 heteroatoms. The molecule has 2 N–H and O–H groups in total. The van der Waals surface area contributed by atoms with Crippen molar-refractivity contribution in [1.82, 2.24) is 10.0 Å². The predicted molar refractivity (Wildman–Crippen MR) is 77.0 cm³/mol. The summed E-state index contributed by atoms with van der Waals surface area (Å²) in [7, 11) is -3.65. The highest BCUT2D eigenvalue weighted by Gasteiger charge is 2.20. The molecule has 0 spiro atoms. The minimum Gasteiger partial charge on any atom is -0.313 e. The van der Waals surface area contributed by atoms with Gasteiger partial charge in [-0.3, -0.25) is 0 Å². The Balaban J connectivity index is 2.08. The summed E-state index contributed by atoms with van der Waals surface area (Å²) >= 11 is 5.93. The van der Waals surface area contributed by atoms with E-state index in [-0.39, 0.29) is 16.0 Å². The van der Waals surface area contributed by atoms with Gasteiger partial charge in [-0.2, -0.15) is 5.26 Å². The molecule has 0 radical (unpaired) electrons. The number of halogens is 1. The number of hydrogen-bond donors (Lipinski definition) is 2. The molecule has 0 amide bonds. The normalized spacial score (nSPS) is 19.5. The van der Waals surface area contributed by atoms with Gasteiger partial charge in [0.2, 0.25) is 10.0 Å². The second-order valence-corrected chi connectivity index (χ2v) is 6.90. The van der Waals surface area contributed by atoms with Crippen molar-refractivity contribution in [2.75, 3.05) is 13.1 Å². The summed E-state index contributed by atoms with van der Waals surface area (Å²) in [5.74, 6) is 0. The van der Waals surface area contributed by atoms with Crippen LogP contribution in [0.25, 0.3) is 0 Å². The molecule has 0 aliphatic carbocycles. The first-order valence-corrected chi connectivity index (χ1v) is 8.32. The highest BCUT2D eigenvalue weighted by Crippen LogP contribution is 2.22. The maximum absolute atomic E-state index is 12.2. The molecule has 1 fully saturated rings. The minimum atomic E-state index is -3.65. The molecule has 1 aliphatic heterocycles. The van der Waals surface area contributed by atoms with Crippen LogP contribution >= 0.6 is 11.6 Å². The van der Waals surface area contributed by atoms with E-state index in [0.29, 0.717) is 12.1 Å². The Morgan fingerprint density at radius 1 is 1.45 bits per heavy atom. The molecule has 5 nitrogen and oxygen atoms in total. The molecule has 108 valence electrons. The molecule has 1 aromatic rings. The molecule has 1 aliphatic rings. The summed E-state index contributed by atoms with van der Waals surface area (Å²) in [6, 6.07) is 6.24. The van der Waals surface area contributed by atoms with Crippen molar-refractivity contribution in [3.8, 4) is 6.07 Å². The van der Waals surface area contributed by atoms with Crippen LogP contribution < -0.4 is 10.0 Å². The number of benzene rings is 1. The minimum absolute atomic E-state index is 0.00831. The van der Waals surface area contributed by atoms with Gasteiger partial charge in [0.25, 0.3) is 0 Å². The van der Waals surface area contributed by atoms with Gasteiger partial charge in [-0.25, -0.2) is 13.1 Å². The number of rotatable bonds is 4. The summed E-state index contributed by atoms with van der Waals surface area (Å²) in [5.41, 5.74) is 0.336. The highest BCUT2D eigenvalue weighted by atomic mass is 35.5. The Morgan fingerprint density at radius 2 is 2.25 bits per heavy atom. The van der Waals surface area contributed by atoms with Crippen LogP contribution in [0.2, 0.25) is 5.02 Å². The zero-order valence-corrected chi connectivity index (χ0v) is 12.5. The Labute approximate surface area is 124 Å². The average Bonchev–Trinajstić information content (AvgIpc) is 2.46. The predicted octanol–water partition coefficient (Wildman–Crippen LogP) is 1.63. The third kappa shape index (κ3) is 3.70. The number of nitrogens with one attached hydrogen (secondary N) is 2. The lowest BCUT2D eigenvalue weighted by Crippen LogP contribution is -2.43. The SMILES string of the molecule is N#Cc1ccc(S(=O)(=O)NCC2CCCCN2)c(Cl)c1. The fourth-order valence-electron chi connectivity index (χ4n) is 2.17. The largest absolute Gasteiger partial charge is 0.313 e. The third-order valence-corrected chi connectivity index (χ3v) is 5.19. The van der Waals surface area contributed by atoms with Gasteiger partial charge in [0, 0.05) is 12.6 Å². The maximum atomic E-state index is 12.2. The van der Waals surface area contributed by atoms with E-state index in [4.69, 9.17) is 16.9 Å². The van der Waals surface area contributed by atoms with E-state index in [2.05, 4.69) is 10.0 Å². The van der Waals surface area contributed by atoms with E-state index in [1.165, 1.54) is 18.2 Å². The highest BCUT2D eigenvalue weighted by molar-refractivity contribution is 7.89. The summed E-state index contributed by atoms with van der Waals surface area (Å²) in [6.45, 7) is 1.27. The molecular weight excluding hydrogens is 298 g/mol. The van der Waals surface area contributed by atoms with Crippen LogP contribution in [-0.4, -0.2) is 27.5 Å². The third-order valence-electron chi connectivity index (χ3n) is 3.28. The molecule has 0 aromatic heterocycles. The fraction of sp³-hybridized carbons (Fsp3) is 0.462.